The zero-order valence-electron chi connectivity index (χ0n) is 15.7. The predicted octanol–water partition coefficient (Wildman–Crippen LogP) is 4.63. The average Bonchev–Trinajstić information content (AvgIpc) is 3.43. The van der Waals surface area contributed by atoms with Crippen LogP contribution in [-0.2, 0) is 0 Å². The smallest absolute Gasteiger partial charge is 0.155 e. The summed E-state index contributed by atoms with van der Waals surface area (Å²) in [5.41, 5.74) is 7.10. The maximum Gasteiger partial charge on any atom is 0.155 e. The topological polar surface area (TPSA) is 96.0 Å². The number of hydrogen-bond acceptors (Lipinski definition) is 5. The van der Waals surface area contributed by atoms with Gasteiger partial charge in [0.1, 0.15) is 5.69 Å². The van der Waals surface area contributed by atoms with Gasteiger partial charge in [-0.3, -0.25) is 20.1 Å². The van der Waals surface area contributed by atoms with Crippen molar-refractivity contribution in [2.75, 3.05) is 0 Å². The van der Waals surface area contributed by atoms with Gasteiger partial charge in [0.2, 0.25) is 0 Å². The molecule has 6 aromatic heterocycles. The third-order valence-corrected chi connectivity index (χ3v) is 5.12. The van der Waals surface area contributed by atoms with Gasteiger partial charge in [0.25, 0.3) is 0 Å². The Balaban J connectivity index is 1.52. The zero-order chi connectivity index (χ0) is 19.9. The highest BCUT2D eigenvalue weighted by Crippen LogP contribution is 2.33. The molecule has 0 fully saturated rings. The van der Waals surface area contributed by atoms with Gasteiger partial charge in [-0.15, -0.1) is 0 Å². The fourth-order valence-electron chi connectivity index (χ4n) is 3.70. The van der Waals surface area contributed by atoms with Crippen molar-refractivity contribution in [3.05, 3.63) is 79.5 Å². The highest BCUT2D eigenvalue weighted by atomic mass is 15.2. The van der Waals surface area contributed by atoms with E-state index in [1.165, 1.54) is 0 Å². The van der Waals surface area contributed by atoms with Gasteiger partial charge in [0, 0.05) is 58.4 Å². The third-order valence-electron chi connectivity index (χ3n) is 5.12. The van der Waals surface area contributed by atoms with E-state index in [0.29, 0.717) is 0 Å². The molecule has 0 aromatic carbocycles. The predicted molar refractivity (Wildman–Crippen MR) is 115 cm³/mol. The summed E-state index contributed by atoms with van der Waals surface area (Å²) in [4.78, 5) is 21.2. The minimum atomic E-state index is 0.731. The fourth-order valence-corrected chi connectivity index (χ4v) is 3.70. The van der Waals surface area contributed by atoms with Crippen LogP contribution in [0.1, 0.15) is 0 Å². The largest absolute Gasteiger partial charge is 0.353 e. The van der Waals surface area contributed by atoms with Crippen molar-refractivity contribution >= 4 is 21.9 Å². The normalized spacial score (nSPS) is 11.3. The van der Waals surface area contributed by atoms with Crippen LogP contribution in [0, 0.1) is 0 Å². The van der Waals surface area contributed by atoms with E-state index in [0.717, 1.165) is 55.8 Å². The number of aromatic amines is 2. The molecule has 0 spiro atoms. The second-order valence-corrected chi connectivity index (χ2v) is 6.95. The van der Waals surface area contributed by atoms with Gasteiger partial charge < -0.3 is 4.98 Å². The Morgan fingerprint density at radius 3 is 2.57 bits per heavy atom. The van der Waals surface area contributed by atoms with Gasteiger partial charge in [0.05, 0.1) is 17.1 Å². The summed E-state index contributed by atoms with van der Waals surface area (Å²) in [6.45, 7) is 0. The number of rotatable bonds is 3. The Labute approximate surface area is 170 Å². The fraction of sp³-hybridized carbons (Fsp3) is 0. The van der Waals surface area contributed by atoms with Crippen molar-refractivity contribution < 1.29 is 0 Å². The lowest BCUT2D eigenvalue weighted by molar-refractivity contribution is 1.10. The van der Waals surface area contributed by atoms with Crippen LogP contribution in [0.5, 0.6) is 0 Å². The van der Waals surface area contributed by atoms with Crippen LogP contribution >= 0.6 is 0 Å². The Kier molecular flexibility index (Phi) is 3.64. The molecule has 7 heteroatoms. The van der Waals surface area contributed by atoms with Crippen molar-refractivity contribution in [3.8, 4) is 33.9 Å². The molecule has 30 heavy (non-hydrogen) atoms. The van der Waals surface area contributed by atoms with Gasteiger partial charge in [-0.1, -0.05) is 6.07 Å². The molecule has 0 atom stereocenters. The number of H-pyrrole nitrogens is 2. The van der Waals surface area contributed by atoms with Gasteiger partial charge in [0.15, 0.2) is 5.65 Å². The van der Waals surface area contributed by atoms with E-state index in [1.54, 1.807) is 18.6 Å². The van der Waals surface area contributed by atoms with Crippen LogP contribution < -0.4 is 0 Å². The van der Waals surface area contributed by atoms with E-state index >= 15 is 0 Å². The first kappa shape index (κ1) is 16.6. The monoisotopic (exact) mass is 389 g/mol. The number of pyridine rings is 4. The SMILES string of the molecule is c1ccc(-c2cnc3[nH]nc(-c4cc5c(-c6cccnc6)nccc5[nH]4)c3c2)nc1. The average molecular weight is 389 g/mol. The van der Waals surface area contributed by atoms with Crippen LogP contribution in [-0.4, -0.2) is 35.1 Å². The van der Waals surface area contributed by atoms with E-state index in [1.807, 2.05) is 48.8 Å². The quantitative estimate of drug-likeness (QED) is 0.460. The summed E-state index contributed by atoms with van der Waals surface area (Å²) >= 11 is 0. The van der Waals surface area contributed by atoms with Crippen molar-refractivity contribution in [2.45, 2.75) is 0 Å². The summed E-state index contributed by atoms with van der Waals surface area (Å²) in [6, 6.07) is 15.9. The van der Waals surface area contributed by atoms with Gasteiger partial charge in [-0.2, -0.15) is 5.10 Å². The van der Waals surface area contributed by atoms with Gasteiger partial charge in [-0.05, 0) is 42.5 Å². The first-order valence-electron chi connectivity index (χ1n) is 9.51. The lowest BCUT2D eigenvalue weighted by Gasteiger charge is -2.00. The van der Waals surface area contributed by atoms with Crippen molar-refractivity contribution in [1.29, 1.82) is 0 Å². The molecule has 0 saturated heterocycles. The third kappa shape index (κ3) is 2.64. The Morgan fingerprint density at radius 1 is 0.700 bits per heavy atom. The molecule has 0 bridgehead atoms. The molecule has 0 saturated carbocycles. The number of aromatic nitrogens is 7. The summed E-state index contributed by atoms with van der Waals surface area (Å²) in [6.07, 6.45) is 8.97. The maximum absolute atomic E-state index is 4.58. The lowest BCUT2D eigenvalue weighted by Crippen LogP contribution is -1.85. The minimum Gasteiger partial charge on any atom is -0.353 e. The Morgan fingerprint density at radius 2 is 1.70 bits per heavy atom. The molecule has 142 valence electrons. The Hall–Kier alpha value is -4.39. The molecule has 6 rings (SSSR count). The molecule has 2 N–H and O–H groups in total. The van der Waals surface area contributed by atoms with Crippen molar-refractivity contribution in [1.82, 2.24) is 35.1 Å². The minimum absolute atomic E-state index is 0.731. The maximum atomic E-state index is 4.58. The summed E-state index contributed by atoms with van der Waals surface area (Å²) in [5.74, 6) is 0. The number of hydrogen-bond donors (Lipinski definition) is 2. The summed E-state index contributed by atoms with van der Waals surface area (Å²) in [5, 5.41) is 9.51. The molecule has 7 nitrogen and oxygen atoms in total. The summed E-state index contributed by atoms with van der Waals surface area (Å²) in [7, 11) is 0. The van der Waals surface area contributed by atoms with E-state index in [4.69, 9.17) is 0 Å². The number of fused-ring (bicyclic) bond motifs is 2. The van der Waals surface area contributed by atoms with E-state index < -0.39 is 0 Å². The first-order valence-corrected chi connectivity index (χ1v) is 9.51. The number of nitrogens with zero attached hydrogens (tertiary/aromatic N) is 5. The molecular formula is C23H15N7. The van der Waals surface area contributed by atoms with E-state index in [2.05, 4.69) is 47.2 Å². The molecule has 0 unspecified atom stereocenters. The lowest BCUT2D eigenvalue weighted by atomic mass is 10.1. The van der Waals surface area contributed by atoms with Gasteiger partial charge >= 0.3 is 0 Å². The molecular weight excluding hydrogens is 374 g/mol. The molecule has 0 aliphatic heterocycles. The molecule has 6 heterocycles. The van der Waals surface area contributed by atoms with Crippen LogP contribution in [0.4, 0.5) is 0 Å². The number of nitrogens with one attached hydrogen (secondary N) is 2. The standard InChI is InChI=1S/C23H15N7/c1-2-8-25-18(5-1)15-10-17-22(29-30-23(17)27-13-15)20-11-16-19(28-20)6-9-26-21(16)14-4-3-7-24-12-14/h1-13,28H,(H,27,29,30). The second kappa shape index (κ2) is 6.59. The molecule has 0 radical (unpaired) electrons. The van der Waals surface area contributed by atoms with Crippen molar-refractivity contribution in [2.24, 2.45) is 0 Å². The molecule has 0 aliphatic rings. The van der Waals surface area contributed by atoms with E-state index in [9.17, 15) is 0 Å². The summed E-state index contributed by atoms with van der Waals surface area (Å²) < 4.78 is 0. The highest BCUT2D eigenvalue weighted by Gasteiger charge is 2.15. The second-order valence-electron chi connectivity index (χ2n) is 6.95. The van der Waals surface area contributed by atoms with Crippen LogP contribution in [0.25, 0.3) is 55.8 Å². The van der Waals surface area contributed by atoms with Crippen LogP contribution in [0.2, 0.25) is 0 Å². The molecule has 0 aliphatic carbocycles. The highest BCUT2D eigenvalue weighted by molar-refractivity contribution is 5.99. The van der Waals surface area contributed by atoms with E-state index in [-0.39, 0.29) is 0 Å². The van der Waals surface area contributed by atoms with Crippen LogP contribution in [0.15, 0.2) is 79.5 Å². The van der Waals surface area contributed by atoms with Crippen LogP contribution in [0.3, 0.4) is 0 Å². The Bertz CT molecular complexity index is 1480. The van der Waals surface area contributed by atoms with Crippen molar-refractivity contribution in [3.63, 3.8) is 0 Å². The molecule has 0 amide bonds. The first-order chi connectivity index (χ1) is 14.9. The molecule has 6 aromatic rings. The zero-order valence-corrected chi connectivity index (χ0v) is 15.7. The van der Waals surface area contributed by atoms with Gasteiger partial charge in [-0.25, -0.2) is 4.98 Å².